The lowest BCUT2D eigenvalue weighted by Gasteiger charge is -2.33. The molecule has 158 valence electrons. The third-order valence-electron chi connectivity index (χ3n) is 7.39. The van der Waals surface area contributed by atoms with Crippen LogP contribution in [-0.4, -0.2) is 19.5 Å². The van der Waals surface area contributed by atoms with Crippen molar-refractivity contribution >= 4 is 16.4 Å². The molecular weight excluding hydrogens is 389 g/mol. The Bertz CT molecular complexity index is 1250. The number of aliphatic hydroxyl groups excluding tert-OH is 1. The second-order valence-corrected chi connectivity index (χ2v) is 9.24. The summed E-state index contributed by atoms with van der Waals surface area (Å²) in [6.07, 6.45) is 13.3. The van der Waals surface area contributed by atoms with Crippen molar-refractivity contribution in [3.05, 3.63) is 77.8 Å². The van der Waals surface area contributed by atoms with Gasteiger partial charge < -0.3 is 9.51 Å². The number of benzene rings is 1. The maximum atomic E-state index is 14.2. The van der Waals surface area contributed by atoms with Gasteiger partial charge in [-0.05, 0) is 85.6 Å². The van der Waals surface area contributed by atoms with E-state index in [1.54, 1.807) is 12.3 Å². The Balaban J connectivity index is 1.27. The molecule has 1 aromatic carbocycles. The number of halogens is 1. The fourth-order valence-corrected chi connectivity index (χ4v) is 5.60. The van der Waals surface area contributed by atoms with Crippen LogP contribution in [0.2, 0.25) is 0 Å². The summed E-state index contributed by atoms with van der Waals surface area (Å²) < 4.78 is 16.2. The molecule has 3 aromatic heterocycles. The van der Waals surface area contributed by atoms with Crippen molar-refractivity contribution in [2.45, 2.75) is 56.5 Å². The van der Waals surface area contributed by atoms with E-state index >= 15 is 0 Å². The van der Waals surface area contributed by atoms with Crippen molar-refractivity contribution in [1.82, 2.24) is 14.4 Å². The zero-order chi connectivity index (χ0) is 20.9. The molecule has 0 saturated heterocycles. The molecule has 1 atom stereocenters. The van der Waals surface area contributed by atoms with E-state index in [2.05, 4.69) is 22.2 Å². The van der Waals surface area contributed by atoms with Crippen LogP contribution in [0.3, 0.4) is 0 Å². The Labute approximate surface area is 180 Å². The molecule has 0 amide bonds. The molecule has 0 aliphatic heterocycles. The standard InChI is InChI=1S/C26H26FN3O/c27-22-10-9-19(21-2-1-12-29-25(21)22)16-5-7-18(8-6-16)26(31)24-20(17-3-4-17)11-13-30-15-28-14-23(24)30/h1-2,9-18,26,31H,3-8H2. The molecule has 4 nitrogen and oxygen atoms in total. The van der Waals surface area contributed by atoms with Crippen molar-refractivity contribution in [1.29, 1.82) is 0 Å². The van der Waals surface area contributed by atoms with Crippen LogP contribution >= 0.6 is 0 Å². The first-order valence-electron chi connectivity index (χ1n) is 11.4. The summed E-state index contributed by atoms with van der Waals surface area (Å²) in [4.78, 5) is 8.57. The number of rotatable bonds is 4. The van der Waals surface area contributed by atoms with Gasteiger partial charge in [0.05, 0.1) is 24.1 Å². The minimum Gasteiger partial charge on any atom is -0.388 e. The Morgan fingerprint density at radius 1 is 0.968 bits per heavy atom. The maximum Gasteiger partial charge on any atom is 0.149 e. The predicted molar refractivity (Wildman–Crippen MR) is 119 cm³/mol. The average Bonchev–Trinajstić information content (AvgIpc) is 3.55. The Kier molecular flexibility index (Phi) is 4.53. The third-order valence-corrected chi connectivity index (χ3v) is 7.39. The summed E-state index contributed by atoms with van der Waals surface area (Å²) in [5.41, 5.74) is 5.08. The molecule has 3 heterocycles. The minimum atomic E-state index is -0.469. The van der Waals surface area contributed by atoms with Crippen LogP contribution in [-0.2, 0) is 0 Å². The number of aromatic nitrogens is 3. The highest BCUT2D eigenvalue weighted by Crippen LogP contribution is 2.48. The van der Waals surface area contributed by atoms with Crippen molar-refractivity contribution in [3.63, 3.8) is 0 Å². The van der Waals surface area contributed by atoms with E-state index in [0.29, 0.717) is 17.4 Å². The largest absolute Gasteiger partial charge is 0.388 e. The van der Waals surface area contributed by atoms with Gasteiger partial charge in [-0.1, -0.05) is 12.1 Å². The zero-order valence-electron chi connectivity index (χ0n) is 17.4. The van der Waals surface area contributed by atoms with Crippen molar-refractivity contribution in [2.75, 3.05) is 0 Å². The van der Waals surface area contributed by atoms with Gasteiger partial charge in [0, 0.05) is 23.3 Å². The molecule has 5 heteroatoms. The first kappa shape index (κ1) is 18.9. The molecule has 1 N–H and O–H groups in total. The molecule has 6 rings (SSSR count). The monoisotopic (exact) mass is 415 g/mol. The summed E-state index contributed by atoms with van der Waals surface area (Å²) in [5.74, 6) is 0.938. The molecule has 2 aliphatic carbocycles. The van der Waals surface area contributed by atoms with E-state index in [1.807, 2.05) is 35.1 Å². The van der Waals surface area contributed by atoms with Gasteiger partial charge in [0.25, 0.3) is 0 Å². The molecule has 2 fully saturated rings. The Morgan fingerprint density at radius 2 is 1.74 bits per heavy atom. The number of nitrogens with zero attached hydrogens (tertiary/aromatic N) is 3. The number of pyridine rings is 2. The third kappa shape index (κ3) is 3.23. The first-order valence-corrected chi connectivity index (χ1v) is 11.4. The fourth-order valence-electron chi connectivity index (χ4n) is 5.60. The lowest BCUT2D eigenvalue weighted by Crippen LogP contribution is -2.21. The molecule has 2 aliphatic rings. The van der Waals surface area contributed by atoms with Crippen LogP contribution < -0.4 is 0 Å². The second-order valence-electron chi connectivity index (χ2n) is 9.24. The molecule has 31 heavy (non-hydrogen) atoms. The van der Waals surface area contributed by atoms with Gasteiger partial charge in [-0.3, -0.25) is 4.98 Å². The molecule has 0 bridgehead atoms. The summed E-state index contributed by atoms with van der Waals surface area (Å²) in [6, 6.07) is 9.51. The number of fused-ring (bicyclic) bond motifs is 2. The molecule has 1 unspecified atom stereocenters. The lowest BCUT2D eigenvalue weighted by atomic mass is 9.74. The summed E-state index contributed by atoms with van der Waals surface area (Å²) in [7, 11) is 0. The van der Waals surface area contributed by atoms with E-state index in [1.165, 1.54) is 24.0 Å². The number of hydrogen-bond acceptors (Lipinski definition) is 3. The quantitative estimate of drug-likeness (QED) is 0.451. The van der Waals surface area contributed by atoms with E-state index in [-0.39, 0.29) is 11.7 Å². The van der Waals surface area contributed by atoms with Crippen LogP contribution in [0.1, 0.15) is 73.2 Å². The number of aliphatic hydroxyl groups is 1. The highest BCUT2D eigenvalue weighted by atomic mass is 19.1. The van der Waals surface area contributed by atoms with Gasteiger partial charge in [0.15, 0.2) is 0 Å². The molecule has 0 spiro atoms. The topological polar surface area (TPSA) is 50.4 Å². The van der Waals surface area contributed by atoms with Crippen molar-refractivity contribution in [3.8, 4) is 0 Å². The smallest absolute Gasteiger partial charge is 0.149 e. The highest BCUT2D eigenvalue weighted by Gasteiger charge is 2.34. The van der Waals surface area contributed by atoms with Gasteiger partial charge in [-0.2, -0.15) is 0 Å². The maximum absolute atomic E-state index is 14.2. The van der Waals surface area contributed by atoms with Gasteiger partial charge in [-0.15, -0.1) is 0 Å². The Morgan fingerprint density at radius 3 is 2.55 bits per heavy atom. The SMILES string of the molecule is OC(c1c(C2CC2)ccn2cncc12)C1CCC(c2ccc(F)c3ncccc23)CC1. The van der Waals surface area contributed by atoms with E-state index in [4.69, 9.17) is 0 Å². The van der Waals surface area contributed by atoms with Crippen LogP contribution in [0.5, 0.6) is 0 Å². The second kappa shape index (κ2) is 7.41. The van der Waals surface area contributed by atoms with Gasteiger partial charge in [-0.25, -0.2) is 9.37 Å². The number of hydrogen-bond donors (Lipinski definition) is 1. The van der Waals surface area contributed by atoms with Crippen LogP contribution in [0.25, 0.3) is 16.4 Å². The Hall–Kier alpha value is -2.79. The summed E-state index contributed by atoms with van der Waals surface area (Å²) in [6.45, 7) is 0. The minimum absolute atomic E-state index is 0.236. The predicted octanol–water partition coefficient (Wildman–Crippen LogP) is 5.91. The normalized spacial score (nSPS) is 22.8. The average molecular weight is 416 g/mol. The molecule has 0 radical (unpaired) electrons. The van der Waals surface area contributed by atoms with Crippen molar-refractivity contribution < 1.29 is 9.50 Å². The molecule has 4 aromatic rings. The van der Waals surface area contributed by atoms with E-state index in [9.17, 15) is 9.50 Å². The summed E-state index contributed by atoms with van der Waals surface area (Å²) >= 11 is 0. The lowest BCUT2D eigenvalue weighted by molar-refractivity contribution is 0.0811. The first-order chi connectivity index (χ1) is 15.2. The van der Waals surface area contributed by atoms with Crippen LogP contribution in [0.4, 0.5) is 4.39 Å². The molecule has 2 saturated carbocycles. The van der Waals surface area contributed by atoms with E-state index < -0.39 is 6.10 Å². The van der Waals surface area contributed by atoms with Gasteiger partial charge in [0.2, 0.25) is 0 Å². The van der Waals surface area contributed by atoms with Crippen molar-refractivity contribution in [2.24, 2.45) is 5.92 Å². The fraction of sp³-hybridized carbons (Fsp3) is 0.385. The van der Waals surface area contributed by atoms with Crippen LogP contribution in [0, 0.1) is 11.7 Å². The van der Waals surface area contributed by atoms with Crippen LogP contribution in [0.15, 0.2) is 55.2 Å². The summed E-state index contributed by atoms with van der Waals surface area (Å²) in [5, 5.41) is 12.4. The van der Waals surface area contributed by atoms with Gasteiger partial charge in [0.1, 0.15) is 11.3 Å². The highest BCUT2D eigenvalue weighted by molar-refractivity contribution is 5.83. The number of imidazole rings is 1. The molecular formula is C26H26FN3O. The van der Waals surface area contributed by atoms with E-state index in [0.717, 1.165) is 42.1 Å². The van der Waals surface area contributed by atoms with Gasteiger partial charge >= 0.3 is 0 Å². The zero-order valence-corrected chi connectivity index (χ0v) is 17.4.